The Labute approximate surface area is 284 Å². The highest BCUT2D eigenvalue weighted by Gasteiger charge is 2.36. The van der Waals surface area contributed by atoms with Crippen molar-refractivity contribution in [3.63, 3.8) is 0 Å². The Morgan fingerprint density at radius 1 is 1.00 bits per heavy atom. The second kappa shape index (κ2) is 12.9. The van der Waals surface area contributed by atoms with Crippen LogP contribution >= 0.6 is 11.3 Å². The van der Waals surface area contributed by atoms with Crippen molar-refractivity contribution in [1.82, 2.24) is 14.0 Å². The standard InChI is InChI=1S/C37H32N4O7S/c1-2-46-36(44)32-33(23-8-4-3-5-9-23)38-37-41(34(32)24-12-13-28-29(18-24)48-22-47-28)35(43)30(49-37)19-25-20-40(27-11-7-6-10-26(25)27)21-31(42)39-14-16-45-17-15-39/h3-13,18-20,34H,2,14-17,21-22H2,1H3/b30-19+/t34-/m0/s1. The number of rotatable bonds is 7. The van der Waals surface area contributed by atoms with Crippen LogP contribution in [0.2, 0.25) is 0 Å². The van der Waals surface area contributed by atoms with E-state index in [0.29, 0.717) is 58.4 Å². The normalized spacial score (nSPS) is 17.3. The van der Waals surface area contributed by atoms with Crippen LogP contribution in [-0.4, -0.2) is 65.6 Å². The van der Waals surface area contributed by atoms with Crippen molar-refractivity contribution in [3.05, 3.63) is 121 Å². The number of fused-ring (bicyclic) bond motifs is 3. The molecule has 0 N–H and O–H groups in total. The van der Waals surface area contributed by atoms with E-state index in [1.807, 2.05) is 82.4 Å². The molecule has 11 nitrogen and oxygen atoms in total. The first-order chi connectivity index (χ1) is 24.0. The third-order valence-electron chi connectivity index (χ3n) is 8.86. The lowest BCUT2D eigenvalue weighted by molar-refractivity contribution is -0.139. The maximum atomic E-state index is 14.5. The van der Waals surface area contributed by atoms with Crippen molar-refractivity contribution in [2.24, 2.45) is 4.99 Å². The number of nitrogens with zero attached hydrogens (tertiary/aromatic N) is 4. The van der Waals surface area contributed by atoms with E-state index in [0.717, 1.165) is 22.0 Å². The number of ether oxygens (including phenoxy) is 4. The summed E-state index contributed by atoms with van der Waals surface area (Å²) in [7, 11) is 0. The Balaban J connectivity index is 1.30. The molecule has 0 spiro atoms. The first-order valence-electron chi connectivity index (χ1n) is 16.1. The molecule has 5 heterocycles. The van der Waals surface area contributed by atoms with Crippen molar-refractivity contribution in [2.75, 3.05) is 39.7 Å². The molecule has 0 aliphatic carbocycles. The first kappa shape index (κ1) is 30.8. The monoisotopic (exact) mass is 676 g/mol. The molecular formula is C37H32N4O7S. The fraction of sp³-hybridized carbons (Fsp3) is 0.243. The summed E-state index contributed by atoms with van der Waals surface area (Å²) in [4.78, 5) is 48.7. The SMILES string of the molecule is CCOC(=O)C1=C(c2ccccc2)N=c2s/c(=C/c3cn(CC(=O)N4CCOCC4)c4ccccc34)c(=O)n2[C@H]1c1ccc2c(c1)OCO2. The highest BCUT2D eigenvalue weighted by molar-refractivity contribution is 7.07. The molecule has 1 amide bonds. The van der Waals surface area contributed by atoms with Gasteiger partial charge in [0.05, 0.1) is 41.7 Å². The maximum absolute atomic E-state index is 14.5. The quantitative estimate of drug-likeness (QED) is 0.243. The van der Waals surface area contributed by atoms with Gasteiger partial charge >= 0.3 is 5.97 Å². The van der Waals surface area contributed by atoms with Gasteiger partial charge in [-0.2, -0.15) is 0 Å². The molecule has 1 saturated heterocycles. The molecule has 0 bridgehead atoms. The van der Waals surface area contributed by atoms with E-state index in [1.165, 1.54) is 11.3 Å². The molecule has 248 valence electrons. The number of carbonyl (C=O) groups is 2. The molecule has 1 atom stereocenters. The molecule has 3 aliphatic rings. The highest BCUT2D eigenvalue weighted by atomic mass is 32.1. The lowest BCUT2D eigenvalue weighted by Gasteiger charge is -2.27. The summed E-state index contributed by atoms with van der Waals surface area (Å²) in [5.41, 5.74) is 3.45. The number of hydrogen-bond acceptors (Lipinski definition) is 9. The predicted octanol–water partition coefficient (Wildman–Crippen LogP) is 3.48. The zero-order valence-electron chi connectivity index (χ0n) is 26.7. The molecule has 5 aromatic rings. The highest BCUT2D eigenvalue weighted by Crippen LogP contribution is 2.40. The molecule has 8 rings (SSSR count). The number of morpholine rings is 1. The summed E-state index contributed by atoms with van der Waals surface area (Å²) in [5.74, 6) is 0.568. The minimum absolute atomic E-state index is 0.0126. The number of carbonyl (C=O) groups excluding carboxylic acids is 2. The van der Waals surface area contributed by atoms with Gasteiger partial charge in [-0.3, -0.25) is 14.2 Å². The summed E-state index contributed by atoms with van der Waals surface area (Å²) in [6.07, 6.45) is 3.75. The molecule has 1 fully saturated rings. The zero-order chi connectivity index (χ0) is 33.5. The van der Waals surface area contributed by atoms with E-state index in [1.54, 1.807) is 23.6 Å². The molecule has 0 unspecified atom stereocenters. The molecular weight excluding hydrogens is 644 g/mol. The van der Waals surface area contributed by atoms with Crippen molar-refractivity contribution in [1.29, 1.82) is 0 Å². The van der Waals surface area contributed by atoms with Crippen LogP contribution < -0.4 is 24.4 Å². The van der Waals surface area contributed by atoms with E-state index in [2.05, 4.69) is 0 Å². The molecule has 3 aliphatic heterocycles. The third kappa shape index (κ3) is 5.62. The first-order valence-corrected chi connectivity index (χ1v) is 16.9. The summed E-state index contributed by atoms with van der Waals surface area (Å²) in [6.45, 7) is 4.34. The summed E-state index contributed by atoms with van der Waals surface area (Å²) >= 11 is 1.25. The van der Waals surface area contributed by atoms with E-state index >= 15 is 0 Å². The van der Waals surface area contributed by atoms with Gasteiger partial charge in [0, 0.05) is 41.3 Å². The molecule has 2 aromatic heterocycles. The fourth-order valence-electron chi connectivity index (χ4n) is 6.56. The molecule has 0 radical (unpaired) electrons. The van der Waals surface area contributed by atoms with Gasteiger partial charge < -0.3 is 28.4 Å². The number of amides is 1. The number of thiazole rings is 1. The Morgan fingerprint density at radius 3 is 2.59 bits per heavy atom. The Kier molecular flexibility index (Phi) is 8.10. The van der Waals surface area contributed by atoms with E-state index in [-0.39, 0.29) is 37.0 Å². The van der Waals surface area contributed by atoms with Crippen LogP contribution in [0, 0.1) is 0 Å². The Bertz CT molecular complexity index is 2320. The minimum Gasteiger partial charge on any atom is -0.463 e. The molecule has 12 heteroatoms. The average molecular weight is 677 g/mol. The Hall–Kier alpha value is -5.46. The van der Waals surface area contributed by atoms with Gasteiger partial charge in [0.1, 0.15) is 6.54 Å². The van der Waals surface area contributed by atoms with E-state index in [4.69, 9.17) is 23.9 Å². The Morgan fingerprint density at radius 2 is 1.78 bits per heavy atom. The number of benzene rings is 3. The number of aromatic nitrogens is 2. The number of hydrogen-bond donors (Lipinski definition) is 0. The minimum atomic E-state index is -0.852. The van der Waals surface area contributed by atoms with Gasteiger partial charge in [-0.05, 0) is 36.8 Å². The van der Waals surface area contributed by atoms with Crippen molar-refractivity contribution in [3.8, 4) is 11.5 Å². The average Bonchev–Trinajstić information content (AvgIpc) is 3.84. The van der Waals surface area contributed by atoms with Crippen LogP contribution in [0.25, 0.3) is 22.7 Å². The summed E-state index contributed by atoms with van der Waals surface area (Å²) < 4.78 is 26.2. The van der Waals surface area contributed by atoms with Gasteiger partial charge in [-0.1, -0.05) is 65.9 Å². The second-order valence-corrected chi connectivity index (χ2v) is 12.8. The fourth-order valence-corrected chi connectivity index (χ4v) is 7.55. The van der Waals surface area contributed by atoms with Gasteiger partial charge in [0.2, 0.25) is 12.7 Å². The topological polar surface area (TPSA) is 114 Å². The second-order valence-electron chi connectivity index (χ2n) is 11.8. The lowest BCUT2D eigenvalue weighted by Crippen LogP contribution is -2.42. The maximum Gasteiger partial charge on any atom is 0.338 e. The third-order valence-corrected chi connectivity index (χ3v) is 9.84. The molecule has 49 heavy (non-hydrogen) atoms. The van der Waals surface area contributed by atoms with E-state index in [9.17, 15) is 14.4 Å². The predicted molar refractivity (Wildman–Crippen MR) is 183 cm³/mol. The van der Waals surface area contributed by atoms with Crippen LogP contribution in [0.4, 0.5) is 0 Å². The van der Waals surface area contributed by atoms with Gasteiger partial charge in [0.15, 0.2) is 16.3 Å². The largest absolute Gasteiger partial charge is 0.463 e. The van der Waals surface area contributed by atoms with Crippen LogP contribution in [0.3, 0.4) is 0 Å². The van der Waals surface area contributed by atoms with Gasteiger partial charge in [-0.25, -0.2) is 9.79 Å². The lowest BCUT2D eigenvalue weighted by atomic mass is 9.93. The van der Waals surface area contributed by atoms with Gasteiger partial charge in [0.25, 0.3) is 5.56 Å². The summed E-state index contributed by atoms with van der Waals surface area (Å²) in [6, 6.07) is 21.8. The molecule has 0 saturated carbocycles. The van der Waals surface area contributed by atoms with Crippen molar-refractivity contribution < 1.29 is 28.5 Å². The smallest absolute Gasteiger partial charge is 0.338 e. The summed E-state index contributed by atoms with van der Waals surface area (Å²) in [5, 5.41) is 0.910. The van der Waals surface area contributed by atoms with Crippen molar-refractivity contribution >= 4 is 45.9 Å². The zero-order valence-corrected chi connectivity index (χ0v) is 27.5. The van der Waals surface area contributed by atoms with Gasteiger partial charge in [-0.15, -0.1) is 0 Å². The van der Waals surface area contributed by atoms with Crippen LogP contribution in [0.5, 0.6) is 11.5 Å². The number of esters is 1. The van der Waals surface area contributed by atoms with Crippen LogP contribution in [0.15, 0.2) is 94.4 Å². The number of para-hydroxylation sites is 1. The van der Waals surface area contributed by atoms with E-state index < -0.39 is 12.0 Å². The van der Waals surface area contributed by atoms with Crippen molar-refractivity contribution in [2.45, 2.75) is 19.5 Å². The molecule has 3 aromatic carbocycles. The van der Waals surface area contributed by atoms with Crippen LogP contribution in [-0.2, 0) is 25.6 Å². The van der Waals surface area contributed by atoms with Crippen LogP contribution in [0.1, 0.15) is 29.7 Å².